The molecule has 2 rings (SSSR count). The normalized spacial score (nSPS) is 19.7. The first-order valence-corrected chi connectivity index (χ1v) is 9.83. The van der Waals surface area contributed by atoms with E-state index in [4.69, 9.17) is 36.1 Å². The molecule has 3 N–H and O–H groups in total. The molecule has 1 aromatic carbocycles. The van der Waals surface area contributed by atoms with Gasteiger partial charge in [0.1, 0.15) is 17.6 Å². The zero-order valence-electron chi connectivity index (χ0n) is 17.5. The van der Waals surface area contributed by atoms with E-state index in [0.717, 1.165) is 0 Å². The Bertz CT molecular complexity index is 706. The van der Waals surface area contributed by atoms with Gasteiger partial charge >= 0.3 is 7.12 Å². The lowest BCUT2D eigenvalue weighted by Gasteiger charge is -2.32. The van der Waals surface area contributed by atoms with E-state index >= 15 is 0 Å². The second-order valence-corrected chi connectivity index (χ2v) is 8.42. The molecule has 1 saturated heterocycles. The third kappa shape index (κ3) is 6.05. The van der Waals surface area contributed by atoms with Gasteiger partial charge in [-0.2, -0.15) is 0 Å². The van der Waals surface area contributed by atoms with E-state index < -0.39 is 36.1 Å². The first-order chi connectivity index (χ1) is 13.5. The van der Waals surface area contributed by atoms with Crippen molar-refractivity contribution in [3.63, 3.8) is 0 Å². The van der Waals surface area contributed by atoms with Crippen LogP contribution in [0.4, 0.5) is 4.39 Å². The van der Waals surface area contributed by atoms with Gasteiger partial charge in [-0.15, -0.1) is 0 Å². The summed E-state index contributed by atoms with van der Waals surface area (Å²) in [6.07, 6.45) is 0.354. The molecule has 0 saturated carbocycles. The van der Waals surface area contributed by atoms with Crippen LogP contribution < -0.4 is 15.8 Å². The fourth-order valence-corrected chi connectivity index (χ4v) is 2.86. The highest BCUT2D eigenvalue weighted by Crippen LogP contribution is 2.37. The summed E-state index contributed by atoms with van der Waals surface area (Å²) >= 11 is 5.68. The van der Waals surface area contributed by atoms with Crippen molar-refractivity contribution < 1.29 is 28.0 Å². The van der Waals surface area contributed by atoms with Crippen molar-refractivity contribution in [2.75, 3.05) is 20.3 Å². The number of hydrogen-bond donors (Lipinski definition) is 2. The predicted molar refractivity (Wildman–Crippen MR) is 109 cm³/mol. The van der Waals surface area contributed by atoms with Crippen LogP contribution in [-0.2, 0) is 18.8 Å². The molecule has 2 atom stereocenters. The van der Waals surface area contributed by atoms with Crippen LogP contribution in [-0.4, -0.2) is 56.5 Å². The molecule has 0 spiro atoms. The lowest BCUT2D eigenvalue weighted by atomic mass is 9.76. The molecule has 7 nitrogen and oxygen atoms in total. The van der Waals surface area contributed by atoms with Crippen molar-refractivity contribution >= 4 is 24.6 Å². The molecule has 29 heavy (non-hydrogen) atoms. The van der Waals surface area contributed by atoms with Crippen molar-refractivity contribution in [1.29, 1.82) is 0 Å². The van der Waals surface area contributed by atoms with Crippen LogP contribution in [0, 0.1) is 5.82 Å². The smallest absolute Gasteiger partial charge is 0.481 e. The molecule has 10 heteroatoms. The zero-order valence-corrected chi connectivity index (χ0v) is 18.2. The summed E-state index contributed by atoms with van der Waals surface area (Å²) < 4.78 is 36.3. The van der Waals surface area contributed by atoms with E-state index in [-0.39, 0.29) is 24.1 Å². The van der Waals surface area contributed by atoms with E-state index in [0.29, 0.717) is 12.2 Å². The topological polar surface area (TPSA) is 92.0 Å². The molecule has 1 aliphatic heterocycles. The minimum absolute atomic E-state index is 0.0202. The SMILES string of the molecule is COCC(N)C(=O)N[C@@H](CCOc1ccc(Cl)c(F)c1)B1OC(C)(C)C(C)(C)O1. The van der Waals surface area contributed by atoms with E-state index in [1.807, 2.05) is 27.7 Å². The maximum absolute atomic E-state index is 13.6. The number of hydrogen-bond acceptors (Lipinski definition) is 6. The molecular weight excluding hydrogens is 401 g/mol. The van der Waals surface area contributed by atoms with Gasteiger partial charge in [-0.3, -0.25) is 4.79 Å². The Morgan fingerprint density at radius 2 is 1.93 bits per heavy atom. The minimum atomic E-state index is -0.823. The number of carbonyl (C=O) groups excluding carboxylic acids is 1. The van der Waals surface area contributed by atoms with E-state index in [1.165, 1.54) is 19.2 Å². The minimum Gasteiger partial charge on any atom is -0.493 e. The van der Waals surface area contributed by atoms with E-state index in [1.54, 1.807) is 6.07 Å². The van der Waals surface area contributed by atoms with Crippen LogP contribution in [0.25, 0.3) is 0 Å². The molecule has 162 valence electrons. The molecule has 0 radical (unpaired) electrons. The number of nitrogens with one attached hydrogen (secondary N) is 1. The Morgan fingerprint density at radius 1 is 1.31 bits per heavy atom. The molecule has 1 fully saturated rings. The van der Waals surface area contributed by atoms with Gasteiger partial charge in [0.05, 0.1) is 35.4 Å². The van der Waals surface area contributed by atoms with Gasteiger partial charge in [0.25, 0.3) is 0 Å². The van der Waals surface area contributed by atoms with Gasteiger partial charge in [-0.1, -0.05) is 11.6 Å². The van der Waals surface area contributed by atoms with Crippen LogP contribution in [0.15, 0.2) is 18.2 Å². The van der Waals surface area contributed by atoms with Crippen molar-refractivity contribution in [2.45, 2.75) is 57.3 Å². The van der Waals surface area contributed by atoms with Gasteiger partial charge in [0, 0.05) is 19.6 Å². The highest BCUT2D eigenvalue weighted by atomic mass is 35.5. The second-order valence-electron chi connectivity index (χ2n) is 8.01. The number of halogens is 2. The van der Waals surface area contributed by atoms with E-state index in [2.05, 4.69) is 5.32 Å². The lowest BCUT2D eigenvalue weighted by molar-refractivity contribution is -0.123. The first-order valence-electron chi connectivity index (χ1n) is 9.45. The Balaban J connectivity index is 2.06. The van der Waals surface area contributed by atoms with Crippen molar-refractivity contribution in [2.24, 2.45) is 5.73 Å². The maximum atomic E-state index is 13.6. The average Bonchev–Trinajstić information content (AvgIpc) is 2.84. The average molecular weight is 431 g/mol. The third-order valence-corrected chi connectivity index (χ3v) is 5.51. The van der Waals surface area contributed by atoms with Gasteiger partial charge in [0.2, 0.25) is 5.91 Å². The first kappa shape index (κ1) is 23.9. The Morgan fingerprint density at radius 3 is 2.48 bits per heavy atom. The largest absolute Gasteiger partial charge is 0.493 e. The van der Waals surface area contributed by atoms with Crippen LogP contribution in [0.5, 0.6) is 5.75 Å². The summed E-state index contributed by atoms with van der Waals surface area (Å²) in [6, 6.07) is 3.38. The summed E-state index contributed by atoms with van der Waals surface area (Å²) in [5.74, 6) is -1.14. The number of methoxy groups -OCH3 is 1. The quantitative estimate of drug-likeness (QED) is 0.584. The van der Waals surface area contributed by atoms with E-state index in [9.17, 15) is 9.18 Å². The molecule has 1 unspecified atom stereocenters. The molecule has 1 aromatic rings. The van der Waals surface area contributed by atoms with Crippen molar-refractivity contribution in [3.8, 4) is 5.75 Å². The number of amides is 1. The Kier molecular flexibility index (Phi) is 7.92. The van der Waals surface area contributed by atoms with Crippen LogP contribution in [0.2, 0.25) is 5.02 Å². The summed E-state index contributed by atoms with van der Waals surface area (Å²) in [5, 5.41) is 2.88. The molecule has 0 aromatic heterocycles. The third-order valence-electron chi connectivity index (χ3n) is 5.20. The Labute approximate surface area is 176 Å². The molecule has 1 heterocycles. The predicted octanol–water partition coefficient (Wildman–Crippen LogP) is 2.34. The van der Waals surface area contributed by atoms with Gasteiger partial charge in [-0.05, 0) is 39.8 Å². The van der Waals surface area contributed by atoms with Gasteiger partial charge in [-0.25, -0.2) is 4.39 Å². The van der Waals surface area contributed by atoms with Gasteiger partial charge < -0.3 is 29.8 Å². The van der Waals surface area contributed by atoms with Crippen molar-refractivity contribution in [3.05, 3.63) is 29.0 Å². The van der Waals surface area contributed by atoms with Crippen molar-refractivity contribution in [1.82, 2.24) is 5.32 Å². The summed E-state index contributed by atoms with van der Waals surface area (Å²) in [6.45, 7) is 7.98. The number of rotatable bonds is 9. The molecular formula is C19H29BClFN2O5. The fraction of sp³-hybridized carbons (Fsp3) is 0.632. The monoisotopic (exact) mass is 430 g/mol. The maximum Gasteiger partial charge on any atom is 0.481 e. The molecule has 1 aliphatic rings. The highest BCUT2D eigenvalue weighted by Gasteiger charge is 2.54. The van der Waals surface area contributed by atoms with Crippen LogP contribution in [0.3, 0.4) is 0 Å². The molecule has 0 bridgehead atoms. The fourth-order valence-electron chi connectivity index (χ4n) is 2.74. The van der Waals surface area contributed by atoms with Crippen LogP contribution in [0.1, 0.15) is 34.1 Å². The second kappa shape index (κ2) is 9.62. The summed E-state index contributed by atoms with van der Waals surface area (Å²) in [7, 11) is 0.780. The lowest BCUT2D eigenvalue weighted by Crippen LogP contribution is -2.54. The number of benzene rings is 1. The summed E-state index contributed by atoms with van der Waals surface area (Å²) in [5.41, 5.74) is 4.71. The Hall–Kier alpha value is -1.39. The van der Waals surface area contributed by atoms with Gasteiger partial charge in [0.15, 0.2) is 0 Å². The standard InChI is InChI=1S/C19H29BClFN2O5/c1-18(2)19(3,4)29-20(28-18)16(24-17(25)15(23)11-26-5)8-9-27-12-6-7-13(21)14(22)10-12/h6-7,10,15-16H,8-9,11,23H2,1-5H3,(H,24,25)/t15?,16-/m0/s1. The zero-order chi connectivity index (χ0) is 21.8. The number of carbonyl (C=O) groups is 1. The number of ether oxygens (including phenoxy) is 2. The molecule has 1 amide bonds. The van der Waals surface area contributed by atoms with Crippen LogP contribution >= 0.6 is 11.6 Å². The number of nitrogens with two attached hydrogens (primary N) is 1. The summed E-state index contributed by atoms with van der Waals surface area (Å²) in [4.78, 5) is 12.4. The highest BCUT2D eigenvalue weighted by molar-refractivity contribution is 6.48. The molecule has 0 aliphatic carbocycles.